The Labute approximate surface area is 425 Å². The highest BCUT2D eigenvalue weighted by Crippen LogP contribution is 2.56. The summed E-state index contributed by atoms with van der Waals surface area (Å²) in [5.74, 6) is 0.571. The Balaban J connectivity index is 1.15. The molecule has 10 atom stereocenters. The highest BCUT2D eigenvalue weighted by molar-refractivity contribution is 8.07. The van der Waals surface area contributed by atoms with Crippen LogP contribution in [-0.2, 0) is 76.0 Å². The zero-order valence-corrected chi connectivity index (χ0v) is 47.1. The molecule has 3 fully saturated rings. The van der Waals surface area contributed by atoms with Crippen LogP contribution in [0.25, 0.3) is 22.2 Å². The Morgan fingerprint density at radius 1 is 0.901 bits per heavy atom. The summed E-state index contributed by atoms with van der Waals surface area (Å²) in [5, 5.41) is 9.33. The number of hydrogen-bond donors (Lipinski definition) is 7. The molecule has 4 aliphatic rings. The van der Waals surface area contributed by atoms with Gasteiger partial charge < -0.3 is 73.9 Å². The summed E-state index contributed by atoms with van der Waals surface area (Å²) in [6, 6.07) is 0. The minimum Gasteiger partial charge on any atom is -0.408 e. The Morgan fingerprint density at radius 3 is 2.23 bits per heavy atom. The predicted octanol–water partition coefficient (Wildman–Crippen LogP) is 4.50. The first-order chi connectivity index (χ1) is 33.2. The first kappa shape index (κ1) is 54.6. The van der Waals surface area contributed by atoms with Gasteiger partial charge >= 0.3 is 13.4 Å². The van der Waals surface area contributed by atoms with Crippen molar-refractivity contribution in [3.8, 4) is 0 Å². The second-order valence-electron chi connectivity index (χ2n) is 21.0. The molecule has 0 aliphatic carbocycles. The monoisotopic (exact) mass is 1100 g/mol. The van der Waals surface area contributed by atoms with Crippen LogP contribution in [0.4, 0.5) is 17.6 Å². The van der Waals surface area contributed by atoms with E-state index in [9.17, 15) is 14.6 Å². The largest absolute Gasteiger partial charge is 0.408 e. The number of carbonyl (C=O) groups excluding carboxylic acids is 1. The molecule has 71 heavy (non-hydrogen) atoms. The van der Waals surface area contributed by atoms with Gasteiger partial charge in [0, 0.05) is 19.3 Å². The standard InChI is InChI=1S/C41H68N12O12P2S2Si2/c1-40(2,3)70(7,8)64-30-25-19-59-66(55,68)62-29-24(60-38(32(29)65-71(9,10)41(4,5)6)52-17-23-12-11-13-44-34-27(23)35(52)47-20-46-34)18-58-67(56,69)63-31(30)37(61-25)53-21-48-28-33(43)50-39(51-36(28)53)45-14-15-57-22-49-26(54)16-42/h17,20-21,24-25,29-32,37-38H,11-16,18-19,22,42H2,1-10H3,(H,49,54)(H,55,68)(H,56,69)(H,44,46,47)(H3,43,45,50,51)/t24-,25-,29-,30-,31-,32-,37-,38-,66?,67?/m1/s1. The second kappa shape index (κ2) is 20.8. The highest BCUT2D eigenvalue weighted by atomic mass is 32.5. The fourth-order valence-corrected chi connectivity index (χ4v) is 13.7. The van der Waals surface area contributed by atoms with Crippen molar-refractivity contribution in [1.29, 1.82) is 0 Å². The summed E-state index contributed by atoms with van der Waals surface area (Å²) in [5.41, 5.74) is 13.9. The van der Waals surface area contributed by atoms with Gasteiger partial charge in [-0.2, -0.15) is 9.97 Å². The zero-order valence-electron chi connectivity index (χ0n) is 41.7. The van der Waals surface area contributed by atoms with Crippen molar-refractivity contribution < 1.29 is 55.7 Å². The van der Waals surface area contributed by atoms with Crippen LogP contribution in [0.5, 0.6) is 0 Å². The summed E-state index contributed by atoms with van der Waals surface area (Å²) in [6.45, 7) is 12.7. The van der Waals surface area contributed by atoms with Gasteiger partial charge in [-0.15, -0.1) is 0 Å². The van der Waals surface area contributed by atoms with Crippen molar-refractivity contribution in [2.75, 3.05) is 62.6 Å². The van der Waals surface area contributed by atoms with E-state index in [-0.39, 0.29) is 78.6 Å². The van der Waals surface area contributed by atoms with E-state index in [0.29, 0.717) is 5.65 Å². The maximum atomic E-state index is 12.3. The lowest BCUT2D eigenvalue weighted by Crippen LogP contribution is -2.50. The summed E-state index contributed by atoms with van der Waals surface area (Å²) in [4.78, 5) is 58.9. The number of nitrogens with zero attached hydrogens (tertiary/aromatic N) is 7. The average Bonchev–Trinajstić information content (AvgIpc) is 3.99. The van der Waals surface area contributed by atoms with E-state index >= 15 is 0 Å². The number of aryl methyl sites for hydroxylation is 1. The van der Waals surface area contributed by atoms with Gasteiger partial charge in [0.25, 0.3) is 0 Å². The van der Waals surface area contributed by atoms with Crippen LogP contribution >= 0.6 is 13.4 Å². The minimum absolute atomic E-state index is 0.0318. The molecule has 0 spiro atoms. The molecular weight excluding hydrogens is 1030 g/mol. The first-order valence-corrected chi connectivity index (χ1v) is 34.5. The molecule has 394 valence electrons. The van der Waals surface area contributed by atoms with E-state index in [2.05, 4.69) is 98.6 Å². The molecule has 8 rings (SSSR count). The average molecular weight is 1100 g/mol. The van der Waals surface area contributed by atoms with Crippen molar-refractivity contribution >= 4 is 99.4 Å². The maximum absolute atomic E-state index is 12.3. The van der Waals surface area contributed by atoms with Crippen molar-refractivity contribution in [3.63, 3.8) is 0 Å². The Hall–Kier alpha value is -2.71. The Morgan fingerprint density at radius 2 is 1.55 bits per heavy atom. The molecule has 8 heterocycles. The fraction of sp³-hybridized carbons (Fsp3) is 0.707. The van der Waals surface area contributed by atoms with Crippen LogP contribution in [0, 0.1) is 0 Å². The quantitative estimate of drug-likeness (QED) is 0.0420. The van der Waals surface area contributed by atoms with Crippen LogP contribution in [0.3, 0.4) is 0 Å². The van der Waals surface area contributed by atoms with E-state index in [0.717, 1.165) is 36.2 Å². The number of imidazole rings is 1. The van der Waals surface area contributed by atoms with Crippen LogP contribution in [0.15, 0.2) is 18.9 Å². The van der Waals surface area contributed by atoms with Crippen molar-refractivity contribution in [2.24, 2.45) is 5.73 Å². The summed E-state index contributed by atoms with van der Waals surface area (Å²) < 4.78 is 62.8. The van der Waals surface area contributed by atoms with E-state index in [1.54, 1.807) is 4.57 Å². The molecule has 0 aromatic carbocycles. The lowest BCUT2D eigenvalue weighted by Gasteiger charge is -2.41. The summed E-state index contributed by atoms with van der Waals surface area (Å²) in [6.07, 6.45) is -1.63. The van der Waals surface area contributed by atoms with Gasteiger partial charge in [-0.3, -0.25) is 18.4 Å². The molecule has 24 nitrogen and oxygen atoms in total. The SMILES string of the molecule is CC(C)(C)[Si](C)(C)O[C@@H]1[C@@H]2OP(O)(=S)OC[C@H]3O[C@@H](n4cnc5c(N)nc(NCCOCNC(=O)CN)nc54)[C@H](OP(O)(=S)OC[C@H]2O[C@H]1n1cc2c4c(ncnc41)NCCC2)[C@@H]3O[Si](C)(C)C(C)(C)C. The summed E-state index contributed by atoms with van der Waals surface area (Å²) >= 11 is 11.7. The van der Waals surface area contributed by atoms with Crippen molar-refractivity contribution in [2.45, 2.75) is 140 Å². The molecule has 0 saturated carbocycles. The molecule has 0 radical (unpaired) electrons. The number of nitrogens with one attached hydrogen (secondary N) is 3. The predicted molar refractivity (Wildman–Crippen MR) is 277 cm³/mol. The lowest BCUT2D eigenvalue weighted by molar-refractivity contribution is -0.121. The fourth-order valence-electron chi connectivity index (χ4n) is 8.26. The van der Waals surface area contributed by atoms with Crippen LogP contribution in [0.2, 0.25) is 36.3 Å². The molecule has 2 unspecified atom stereocenters. The minimum atomic E-state index is -4.28. The number of fused-ring (bicyclic) bond motifs is 4. The number of nitrogen functional groups attached to an aromatic ring is 1. The molecule has 4 aromatic heterocycles. The molecule has 30 heteroatoms. The van der Waals surface area contributed by atoms with Gasteiger partial charge in [-0.05, 0) is 78.3 Å². The number of hydrogen-bond acceptors (Lipinski definition) is 21. The highest BCUT2D eigenvalue weighted by Gasteiger charge is 2.57. The second-order valence-corrected chi connectivity index (χ2v) is 36.1. The number of carbonyl (C=O) groups is 1. The topological polar surface area (TPSA) is 303 Å². The van der Waals surface area contributed by atoms with Crippen LogP contribution < -0.4 is 27.4 Å². The third-order valence-electron chi connectivity index (χ3n) is 14.0. The molecule has 1 amide bonds. The van der Waals surface area contributed by atoms with E-state index < -0.39 is 79.2 Å². The molecular formula is C41H68N12O12P2S2Si2. The summed E-state index contributed by atoms with van der Waals surface area (Å²) in [7, 11) is -5.37. The lowest BCUT2D eigenvalue weighted by atomic mass is 10.1. The number of anilines is 3. The van der Waals surface area contributed by atoms with E-state index in [4.69, 9.17) is 86.2 Å². The Kier molecular flexibility index (Phi) is 16.0. The molecule has 3 saturated heterocycles. The Bertz CT molecular complexity index is 2690. The molecule has 4 aliphatic heterocycles. The molecule has 4 aromatic rings. The number of amides is 1. The number of rotatable bonds is 13. The normalized spacial score (nSPS) is 30.0. The number of aromatic nitrogens is 7. The number of nitrogens with two attached hydrogens (primary N) is 2. The van der Waals surface area contributed by atoms with Crippen LogP contribution in [0.1, 0.15) is 66.0 Å². The first-order valence-electron chi connectivity index (χ1n) is 23.5. The zero-order chi connectivity index (χ0) is 51.5. The van der Waals surface area contributed by atoms with Gasteiger partial charge in [-0.25, -0.2) is 15.0 Å². The van der Waals surface area contributed by atoms with E-state index in [1.165, 1.54) is 12.7 Å². The van der Waals surface area contributed by atoms with E-state index in [1.807, 2.05) is 10.8 Å². The van der Waals surface area contributed by atoms with Gasteiger partial charge in [0.1, 0.15) is 66.7 Å². The molecule has 2 bridgehead atoms. The van der Waals surface area contributed by atoms with Gasteiger partial charge in [-0.1, -0.05) is 41.5 Å². The van der Waals surface area contributed by atoms with Gasteiger partial charge in [0.15, 0.2) is 40.6 Å². The van der Waals surface area contributed by atoms with Gasteiger partial charge in [0.05, 0.1) is 38.1 Å². The maximum Gasteiger partial charge on any atom is 0.325 e. The molecule has 9 N–H and O–H groups in total. The van der Waals surface area contributed by atoms with Crippen LogP contribution in [-0.4, -0.2) is 149 Å². The smallest absolute Gasteiger partial charge is 0.325 e. The van der Waals surface area contributed by atoms with Crippen molar-refractivity contribution in [3.05, 3.63) is 24.4 Å². The van der Waals surface area contributed by atoms with Crippen molar-refractivity contribution in [1.82, 2.24) is 39.4 Å². The van der Waals surface area contributed by atoms with Gasteiger partial charge in [0.2, 0.25) is 11.9 Å². The number of ether oxygens (including phenoxy) is 3. The third-order valence-corrected chi connectivity index (χ3v) is 26.1. The third kappa shape index (κ3) is 11.7.